The lowest BCUT2D eigenvalue weighted by atomic mass is 10.1. The summed E-state index contributed by atoms with van der Waals surface area (Å²) < 4.78 is 28.8. The minimum Gasteiger partial charge on any atom is -0.282 e. The largest absolute Gasteiger partial charge is 0.287 e. The molecule has 0 aromatic heterocycles. The number of unbranched alkanes of at least 4 members (excludes halogenated alkanes) is 5. The molecule has 4 heteroatoms. The van der Waals surface area contributed by atoms with Crippen molar-refractivity contribution < 1.29 is 13.0 Å². The first-order valence-corrected chi connectivity index (χ1v) is 6.20. The monoisotopic (exact) mass is 206 g/mol. The quantitative estimate of drug-likeness (QED) is 0.514. The Kier molecular flexibility index (Phi) is 6.90. The Balaban J connectivity index is 3.31. The van der Waals surface area contributed by atoms with Gasteiger partial charge < -0.3 is 0 Å². The van der Waals surface area contributed by atoms with E-state index in [4.69, 9.17) is 4.55 Å². The zero-order valence-electron chi connectivity index (χ0n) is 8.07. The van der Waals surface area contributed by atoms with Crippen LogP contribution in [0.5, 0.6) is 0 Å². The molecular weight excluding hydrogens is 188 g/mol. The van der Waals surface area contributed by atoms with Gasteiger partial charge in [-0.05, 0) is 12.8 Å². The molecule has 0 bridgehead atoms. The van der Waals surface area contributed by atoms with Crippen molar-refractivity contribution in [3.63, 3.8) is 0 Å². The predicted molar refractivity (Wildman–Crippen MR) is 54.1 cm³/mol. The van der Waals surface area contributed by atoms with Gasteiger partial charge in [0, 0.05) is 0 Å². The van der Waals surface area contributed by atoms with E-state index < -0.39 is 10.1 Å². The zero-order valence-corrected chi connectivity index (χ0v) is 8.89. The highest BCUT2D eigenvalue weighted by Crippen LogP contribution is 2.05. The van der Waals surface area contributed by atoms with E-state index in [1.807, 2.05) is 0 Å². The van der Waals surface area contributed by atoms with Crippen molar-refractivity contribution in [3.05, 3.63) is 11.5 Å². The molecule has 0 rings (SSSR count). The molecule has 0 aromatic carbocycles. The third-order valence-electron chi connectivity index (χ3n) is 1.74. The Labute approximate surface area is 80.6 Å². The van der Waals surface area contributed by atoms with E-state index >= 15 is 0 Å². The first-order valence-electron chi connectivity index (χ1n) is 4.70. The molecule has 0 saturated carbocycles. The van der Waals surface area contributed by atoms with E-state index in [1.165, 1.54) is 25.3 Å². The van der Waals surface area contributed by atoms with E-state index in [0.717, 1.165) is 24.7 Å². The maximum absolute atomic E-state index is 10.2. The maximum Gasteiger partial charge on any atom is 0.287 e. The third-order valence-corrected chi connectivity index (χ3v) is 2.28. The summed E-state index contributed by atoms with van der Waals surface area (Å²) in [5, 5.41) is 0.854. The van der Waals surface area contributed by atoms with Crippen LogP contribution >= 0.6 is 0 Å². The highest BCUT2D eigenvalue weighted by Gasteiger charge is 1.93. The van der Waals surface area contributed by atoms with E-state index in [1.54, 1.807) is 0 Å². The Hall–Kier alpha value is -0.350. The van der Waals surface area contributed by atoms with Crippen molar-refractivity contribution in [2.24, 2.45) is 0 Å². The zero-order chi connectivity index (χ0) is 10.2. The molecular formula is C9H18O3S. The predicted octanol–water partition coefficient (Wildman–Crippen LogP) is 2.75. The number of rotatable bonds is 7. The molecule has 0 spiro atoms. The summed E-state index contributed by atoms with van der Waals surface area (Å²) in [6.45, 7) is 2.15. The molecule has 0 aliphatic rings. The Morgan fingerprint density at radius 1 is 1.15 bits per heavy atom. The molecule has 0 heterocycles. The molecule has 0 aromatic rings. The van der Waals surface area contributed by atoms with Gasteiger partial charge in [0.1, 0.15) is 0 Å². The van der Waals surface area contributed by atoms with Gasteiger partial charge in [0.15, 0.2) is 0 Å². The molecule has 0 atom stereocenters. The average Bonchev–Trinajstić information content (AvgIpc) is 2.01. The van der Waals surface area contributed by atoms with Crippen LogP contribution in [0.3, 0.4) is 0 Å². The number of hydrogen-bond donors (Lipinski definition) is 1. The fourth-order valence-electron chi connectivity index (χ4n) is 1.06. The van der Waals surface area contributed by atoms with Gasteiger partial charge in [-0.3, -0.25) is 4.55 Å². The van der Waals surface area contributed by atoms with Crippen LogP contribution in [0.25, 0.3) is 0 Å². The van der Waals surface area contributed by atoms with Gasteiger partial charge in [-0.2, -0.15) is 8.42 Å². The summed E-state index contributed by atoms with van der Waals surface area (Å²) in [5.74, 6) is 0. The second-order valence-electron chi connectivity index (χ2n) is 3.09. The SMILES string of the molecule is CCCCCCC/C=C/S(=O)(=O)O. The van der Waals surface area contributed by atoms with Crippen molar-refractivity contribution in [1.29, 1.82) is 0 Å². The maximum atomic E-state index is 10.2. The molecule has 0 saturated heterocycles. The molecule has 3 nitrogen and oxygen atoms in total. The van der Waals surface area contributed by atoms with Crippen LogP contribution in [0.1, 0.15) is 45.4 Å². The van der Waals surface area contributed by atoms with Crippen LogP contribution in [-0.2, 0) is 10.1 Å². The summed E-state index contributed by atoms with van der Waals surface area (Å²) in [7, 11) is -3.90. The Bertz CT molecular complexity index is 229. The lowest BCUT2D eigenvalue weighted by Gasteiger charge is -1.95. The summed E-state index contributed by atoms with van der Waals surface area (Å²) in [5.41, 5.74) is 0. The van der Waals surface area contributed by atoms with Gasteiger partial charge in [0.05, 0.1) is 5.41 Å². The van der Waals surface area contributed by atoms with Gasteiger partial charge in [0.25, 0.3) is 10.1 Å². The minimum atomic E-state index is -3.90. The van der Waals surface area contributed by atoms with Crippen molar-refractivity contribution in [2.45, 2.75) is 45.4 Å². The lowest BCUT2D eigenvalue weighted by molar-refractivity contribution is 0.494. The van der Waals surface area contributed by atoms with Crippen molar-refractivity contribution in [3.8, 4) is 0 Å². The Morgan fingerprint density at radius 3 is 2.31 bits per heavy atom. The molecule has 0 radical (unpaired) electrons. The fourth-order valence-corrected chi connectivity index (χ4v) is 1.43. The standard InChI is InChI=1S/C9H18O3S/c1-2-3-4-5-6-7-8-9-13(10,11)12/h8-9H,2-7H2,1H3,(H,10,11,12)/b9-8+. The molecule has 0 amide bonds. The van der Waals surface area contributed by atoms with Crippen LogP contribution in [0.15, 0.2) is 11.5 Å². The minimum absolute atomic E-state index is 0.726. The van der Waals surface area contributed by atoms with Crippen LogP contribution in [0, 0.1) is 0 Å². The first kappa shape index (κ1) is 12.7. The smallest absolute Gasteiger partial charge is 0.282 e. The lowest BCUT2D eigenvalue weighted by Crippen LogP contribution is -1.88. The van der Waals surface area contributed by atoms with Crippen LogP contribution in [0.2, 0.25) is 0 Å². The normalized spacial score (nSPS) is 12.5. The van der Waals surface area contributed by atoms with Crippen LogP contribution < -0.4 is 0 Å². The van der Waals surface area contributed by atoms with Crippen molar-refractivity contribution >= 4 is 10.1 Å². The second kappa shape index (κ2) is 7.09. The van der Waals surface area contributed by atoms with Gasteiger partial charge in [-0.1, -0.05) is 38.7 Å². The number of allylic oxidation sites excluding steroid dienone is 1. The second-order valence-corrected chi connectivity index (χ2v) is 4.39. The van der Waals surface area contributed by atoms with E-state index in [0.29, 0.717) is 0 Å². The molecule has 0 fully saturated rings. The van der Waals surface area contributed by atoms with Crippen LogP contribution in [-0.4, -0.2) is 13.0 Å². The Morgan fingerprint density at radius 2 is 1.77 bits per heavy atom. The number of hydrogen-bond acceptors (Lipinski definition) is 2. The summed E-state index contributed by atoms with van der Waals surface area (Å²) >= 11 is 0. The van der Waals surface area contributed by atoms with Crippen LogP contribution in [0.4, 0.5) is 0 Å². The molecule has 0 aliphatic carbocycles. The van der Waals surface area contributed by atoms with E-state index in [2.05, 4.69) is 6.92 Å². The topological polar surface area (TPSA) is 54.4 Å². The molecule has 1 N–H and O–H groups in total. The molecule has 0 aliphatic heterocycles. The van der Waals surface area contributed by atoms with Gasteiger partial charge >= 0.3 is 0 Å². The average molecular weight is 206 g/mol. The summed E-state index contributed by atoms with van der Waals surface area (Å²) in [6.07, 6.45) is 8.00. The van der Waals surface area contributed by atoms with E-state index in [9.17, 15) is 8.42 Å². The fraction of sp³-hybridized carbons (Fsp3) is 0.778. The molecule has 13 heavy (non-hydrogen) atoms. The molecule has 0 unspecified atom stereocenters. The van der Waals surface area contributed by atoms with Gasteiger partial charge in [0.2, 0.25) is 0 Å². The van der Waals surface area contributed by atoms with E-state index in [-0.39, 0.29) is 0 Å². The van der Waals surface area contributed by atoms with Crippen molar-refractivity contribution in [2.75, 3.05) is 0 Å². The highest BCUT2D eigenvalue weighted by atomic mass is 32.2. The summed E-state index contributed by atoms with van der Waals surface area (Å²) in [6, 6.07) is 0. The highest BCUT2D eigenvalue weighted by molar-refractivity contribution is 7.88. The molecule has 78 valence electrons. The third kappa shape index (κ3) is 11.7. The summed E-state index contributed by atoms with van der Waals surface area (Å²) in [4.78, 5) is 0. The first-order chi connectivity index (χ1) is 6.06. The van der Waals surface area contributed by atoms with Gasteiger partial charge in [-0.25, -0.2) is 0 Å². The van der Waals surface area contributed by atoms with Gasteiger partial charge in [-0.15, -0.1) is 0 Å². The van der Waals surface area contributed by atoms with Crippen molar-refractivity contribution in [1.82, 2.24) is 0 Å².